The third-order valence-corrected chi connectivity index (χ3v) is 4.08. The molecule has 1 aromatic rings. The highest BCUT2D eigenvalue weighted by Crippen LogP contribution is 2.35. The number of hydrogen-bond acceptors (Lipinski definition) is 3. The van der Waals surface area contributed by atoms with Crippen LogP contribution in [0, 0.1) is 13.8 Å². The number of aryl methyl sites for hydroxylation is 2. The third kappa shape index (κ3) is 3.93. The Hall–Kier alpha value is -1.64. The van der Waals surface area contributed by atoms with Crippen molar-refractivity contribution in [1.29, 1.82) is 0 Å². The van der Waals surface area contributed by atoms with Crippen molar-refractivity contribution in [3.8, 4) is 5.75 Å². The molecule has 1 aliphatic carbocycles. The zero-order valence-corrected chi connectivity index (χ0v) is 13.2. The van der Waals surface area contributed by atoms with Gasteiger partial charge >= 0.3 is 0 Å². The molecule has 0 bridgehead atoms. The van der Waals surface area contributed by atoms with Gasteiger partial charge in [0, 0.05) is 12.8 Å². The molecule has 0 radical (unpaired) electrons. The number of rotatable bonds is 5. The second-order valence-corrected chi connectivity index (χ2v) is 6.03. The fourth-order valence-corrected chi connectivity index (χ4v) is 3.19. The number of hydrogen-bond donors (Lipinski definition) is 0. The first-order valence-electron chi connectivity index (χ1n) is 7.78. The van der Waals surface area contributed by atoms with Crippen LogP contribution in [0.15, 0.2) is 12.1 Å². The molecule has 0 aromatic heterocycles. The molecule has 0 N–H and O–H groups in total. The van der Waals surface area contributed by atoms with Gasteiger partial charge in [-0.3, -0.25) is 9.59 Å². The first-order chi connectivity index (χ1) is 10.0. The zero-order chi connectivity index (χ0) is 15.4. The number of benzene rings is 1. The van der Waals surface area contributed by atoms with Gasteiger partial charge in [-0.2, -0.15) is 0 Å². The Bertz CT molecular complexity index is 506. The lowest BCUT2D eigenvalue weighted by molar-refractivity contribution is -0.130. The summed E-state index contributed by atoms with van der Waals surface area (Å²) in [7, 11) is 0. The Morgan fingerprint density at radius 1 is 1.10 bits per heavy atom. The number of carbonyl (C=O) groups is 2. The number of unbranched alkanes of at least 4 members (excludes halogenated alkanes) is 1. The molecule has 0 amide bonds. The molecule has 114 valence electrons. The normalized spacial score (nSPS) is 16.3. The van der Waals surface area contributed by atoms with Crippen LogP contribution >= 0.6 is 0 Å². The van der Waals surface area contributed by atoms with Crippen LogP contribution in [0.3, 0.4) is 0 Å². The molecule has 0 atom stereocenters. The van der Waals surface area contributed by atoms with Crippen LogP contribution in [-0.4, -0.2) is 18.2 Å². The third-order valence-electron chi connectivity index (χ3n) is 4.08. The van der Waals surface area contributed by atoms with Crippen molar-refractivity contribution in [3.63, 3.8) is 0 Å². The lowest BCUT2D eigenvalue weighted by atomic mass is 9.79. The summed E-state index contributed by atoms with van der Waals surface area (Å²) in [5.74, 6) is 1.07. The molecular formula is C18H24O3. The van der Waals surface area contributed by atoms with Crippen LogP contribution in [0.25, 0.3) is 0 Å². The summed E-state index contributed by atoms with van der Waals surface area (Å²) in [6, 6.07) is 4.06. The fourth-order valence-electron chi connectivity index (χ4n) is 3.19. The summed E-state index contributed by atoms with van der Waals surface area (Å²) < 4.78 is 5.76. The molecule has 3 heteroatoms. The number of ketones is 2. The predicted octanol–water partition coefficient (Wildman–Crippen LogP) is 3.89. The molecule has 3 nitrogen and oxygen atoms in total. The molecule has 0 unspecified atom stereocenters. The Morgan fingerprint density at radius 2 is 1.67 bits per heavy atom. The van der Waals surface area contributed by atoms with Crippen molar-refractivity contribution < 1.29 is 14.3 Å². The first-order valence-corrected chi connectivity index (χ1v) is 7.78. The van der Waals surface area contributed by atoms with Crippen molar-refractivity contribution >= 4 is 11.6 Å². The summed E-state index contributed by atoms with van der Waals surface area (Å²) in [5, 5.41) is 0. The van der Waals surface area contributed by atoms with E-state index in [0.717, 1.165) is 41.9 Å². The van der Waals surface area contributed by atoms with Gasteiger partial charge in [-0.1, -0.05) is 13.3 Å². The number of carbonyl (C=O) groups excluding carboxylic acids is 2. The summed E-state index contributed by atoms with van der Waals surface area (Å²) in [4.78, 5) is 23.4. The molecule has 1 saturated carbocycles. The Balaban J connectivity index is 2.20. The molecule has 0 aliphatic heterocycles. The fraction of sp³-hybridized carbons (Fsp3) is 0.556. The van der Waals surface area contributed by atoms with Crippen molar-refractivity contribution in [2.75, 3.05) is 6.61 Å². The van der Waals surface area contributed by atoms with E-state index in [2.05, 4.69) is 6.92 Å². The second kappa shape index (κ2) is 6.88. The van der Waals surface area contributed by atoms with Crippen LogP contribution in [0.5, 0.6) is 5.75 Å². The Morgan fingerprint density at radius 3 is 2.19 bits per heavy atom. The maximum Gasteiger partial charge on any atom is 0.140 e. The van der Waals surface area contributed by atoms with E-state index < -0.39 is 0 Å². The van der Waals surface area contributed by atoms with Gasteiger partial charge < -0.3 is 4.74 Å². The van der Waals surface area contributed by atoms with Gasteiger partial charge in [0.1, 0.15) is 17.3 Å². The van der Waals surface area contributed by atoms with E-state index in [1.165, 1.54) is 0 Å². The average molecular weight is 288 g/mol. The molecule has 0 saturated heterocycles. The lowest BCUT2D eigenvalue weighted by Gasteiger charge is -2.24. The van der Waals surface area contributed by atoms with Gasteiger partial charge in [0.15, 0.2) is 0 Å². The molecule has 1 fully saturated rings. The van der Waals surface area contributed by atoms with Crippen molar-refractivity contribution in [3.05, 3.63) is 28.8 Å². The van der Waals surface area contributed by atoms with E-state index in [1.54, 1.807) is 0 Å². The van der Waals surface area contributed by atoms with E-state index >= 15 is 0 Å². The quantitative estimate of drug-likeness (QED) is 0.610. The molecule has 1 aromatic carbocycles. The van der Waals surface area contributed by atoms with Gasteiger partial charge in [0.05, 0.1) is 13.0 Å². The molecule has 2 rings (SSSR count). The summed E-state index contributed by atoms with van der Waals surface area (Å²) >= 11 is 0. The number of Topliss-reactive ketones (excluding diaryl/α,β-unsaturated/α-hetero) is 2. The van der Waals surface area contributed by atoms with Gasteiger partial charge in [-0.25, -0.2) is 0 Å². The minimum absolute atomic E-state index is 0.0449. The van der Waals surface area contributed by atoms with Gasteiger partial charge in [-0.15, -0.1) is 0 Å². The van der Waals surface area contributed by atoms with Crippen LogP contribution < -0.4 is 4.74 Å². The van der Waals surface area contributed by atoms with Crippen molar-refractivity contribution in [1.82, 2.24) is 0 Å². The SMILES string of the molecule is CCCCOc1cc(C)c(C2CC(=O)CC(=O)C2)c(C)c1. The lowest BCUT2D eigenvalue weighted by Crippen LogP contribution is -2.22. The van der Waals surface area contributed by atoms with Gasteiger partial charge in [0.2, 0.25) is 0 Å². The van der Waals surface area contributed by atoms with Crippen LogP contribution in [0.4, 0.5) is 0 Å². The summed E-state index contributed by atoms with van der Waals surface area (Å²) in [6.45, 7) is 6.95. The second-order valence-electron chi connectivity index (χ2n) is 6.03. The highest BCUT2D eigenvalue weighted by molar-refractivity contribution is 6.02. The highest BCUT2D eigenvalue weighted by atomic mass is 16.5. The van der Waals surface area contributed by atoms with Crippen LogP contribution in [0.2, 0.25) is 0 Å². The van der Waals surface area contributed by atoms with Crippen molar-refractivity contribution in [2.45, 2.75) is 58.8 Å². The van der Waals surface area contributed by atoms with E-state index in [0.29, 0.717) is 12.8 Å². The summed E-state index contributed by atoms with van der Waals surface area (Å²) in [6.07, 6.45) is 3.26. The minimum Gasteiger partial charge on any atom is -0.494 e. The molecule has 21 heavy (non-hydrogen) atoms. The van der Waals surface area contributed by atoms with E-state index in [-0.39, 0.29) is 23.9 Å². The highest BCUT2D eigenvalue weighted by Gasteiger charge is 2.28. The minimum atomic E-state index is 0.0449. The first kappa shape index (κ1) is 15.7. The van der Waals surface area contributed by atoms with Crippen LogP contribution in [0.1, 0.15) is 61.6 Å². The largest absolute Gasteiger partial charge is 0.494 e. The van der Waals surface area contributed by atoms with Crippen LogP contribution in [-0.2, 0) is 9.59 Å². The van der Waals surface area contributed by atoms with Crippen molar-refractivity contribution in [2.24, 2.45) is 0 Å². The summed E-state index contributed by atoms with van der Waals surface area (Å²) in [5.41, 5.74) is 3.39. The molecular weight excluding hydrogens is 264 g/mol. The Kier molecular flexibility index (Phi) is 5.16. The molecule has 1 aliphatic rings. The molecule has 0 heterocycles. The smallest absolute Gasteiger partial charge is 0.140 e. The van der Waals surface area contributed by atoms with Gasteiger partial charge in [-0.05, 0) is 55.0 Å². The standard InChI is InChI=1S/C18H24O3/c1-4-5-6-21-17-7-12(2)18(13(3)8-17)14-9-15(19)11-16(20)10-14/h7-8,14H,4-6,9-11H2,1-3H3. The predicted molar refractivity (Wildman–Crippen MR) is 82.9 cm³/mol. The van der Waals surface area contributed by atoms with E-state index in [9.17, 15) is 9.59 Å². The molecule has 0 spiro atoms. The average Bonchev–Trinajstić information content (AvgIpc) is 2.37. The Labute approximate surface area is 126 Å². The zero-order valence-electron chi connectivity index (χ0n) is 13.2. The maximum atomic E-state index is 11.7. The monoisotopic (exact) mass is 288 g/mol. The van der Waals surface area contributed by atoms with Gasteiger partial charge in [0.25, 0.3) is 0 Å². The number of ether oxygens (including phenoxy) is 1. The topological polar surface area (TPSA) is 43.4 Å². The van der Waals surface area contributed by atoms with E-state index in [1.807, 2.05) is 26.0 Å². The van der Waals surface area contributed by atoms with E-state index in [4.69, 9.17) is 4.74 Å². The maximum absolute atomic E-state index is 11.7.